The van der Waals surface area contributed by atoms with E-state index in [1.807, 2.05) is 19.2 Å². The number of hydrogen-bond donors (Lipinski definition) is 0. The lowest BCUT2D eigenvalue weighted by Gasteiger charge is -2.29. The minimum Gasteiger partial charge on any atom is -0.352 e. The molecular weight excluding hydrogens is 360 g/mol. The second-order valence-corrected chi connectivity index (χ2v) is 7.96. The first-order chi connectivity index (χ1) is 14.0. The van der Waals surface area contributed by atoms with Crippen molar-refractivity contribution in [2.75, 3.05) is 11.4 Å². The second kappa shape index (κ2) is 8.11. The number of carbonyl (C=O) groups excluding carboxylic acids is 1. The first-order valence-corrected chi connectivity index (χ1v) is 10.1. The normalized spacial score (nSPS) is 13.4. The molecule has 3 aromatic rings. The van der Waals surface area contributed by atoms with Crippen LogP contribution in [0.3, 0.4) is 0 Å². The quantitative estimate of drug-likeness (QED) is 0.612. The van der Waals surface area contributed by atoms with Crippen molar-refractivity contribution < 1.29 is 4.79 Å². The van der Waals surface area contributed by atoms with Gasteiger partial charge in [0.1, 0.15) is 11.6 Å². The van der Waals surface area contributed by atoms with Crippen molar-refractivity contribution in [3.05, 3.63) is 82.6 Å². The van der Waals surface area contributed by atoms with E-state index in [-0.39, 0.29) is 5.78 Å². The van der Waals surface area contributed by atoms with Crippen molar-refractivity contribution >= 4 is 11.6 Å². The predicted octanol–water partition coefficient (Wildman–Crippen LogP) is 4.29. The third-order valence-electron chi connectivity index (χ3n) is 5.46. The molecule has 3 heterocycles. The van der Waals surface area contributed by atoms with E-state index in [2.05, 4.69) is 58.0 Å². The Morgan fingerprint density at radius 2 is 1.93 bits per heavy atom. The van der Waals surface area contributed by atoms with E-state index in [0.717, 1.165) is 48.0 Å². The fraction of sp³-hybridized carbons (Fsp3) is 0.333. The second-order valence-electron chi connectivity index (χ2n) is 7.96. The summed E-state index contributed by atoms with van der Waals surface area (Å²) in [5.41, 5.74) is 5.28. The molecule has 0 fully saturated rings. The summed E-state index contributed by atoms with van der Waals surface area (Å²) in [5, 5.41) is 0. The summed E-state index contributed by atoms with van der Waals surface area (Å²) in [7, 11) is 0. The van der Waals surface area contributed by atoms with Gasteiger partial charge in [0.2, 0.25) is 0 Å². The zero-order valence-corrected chi connectivity index (χ0v) is 17.2. The van der Waals surface area contributed by atoms with Crippen LogP contribution >= 0.6 is 0 Å². The Morgan fingerprint density at radius 1 is 1.14 bits per heavy atom. The van der Waals surface area contributed by atoms with Gasteiger partial charge in [-0.3, -0.25) is 4.79 Å². The highest BCUT2D eigenvalue weighted by molar-refractivity contribution is 5.98. The monoisotopic (exact) mass is 386 g/mol. The number of aromatic nitrogens is 3. The maximum Gasteiger partial charge on any atom is 0.167 e. The summed E-state index contributed by atoms with van der Waals surface area (Å²) >= 11 is 0. The number of pyridine rings is 1. The molecule has 1 aliphatic heterocycles. The van der Waals surface area contributed by atoms with Gasteiger partial charge in [0.15, 0.2) is 5.78 Å². The van der Waals surface area contributed by atoms with E-state index in [4.69, 9.17) is 0 Å². The number of nitrogens with zero attached hydrogens (tertiary/aromatic N) is 4. The van der Waals surface area contributed by atoms with Crippen LogP contribution in [0, 0.1) is 6.92 Å². The standard InChI is InChI=1S/C24H26N4O/c1-16(2)19-6-4-18(5-7-19)12-23(29)20-8-10-25-24(13-20)28-11-9-22-21(15-28)14-26-17(3)27-22/h4-8,10,13-14,16H,9,11-12,15H2,1-3H3. The van der Waals surface area contributed by atoms with E-state index in [9.17, 15) is 4.79 Å². The van der Waals surface area contributed by atoms with Crippen LogP contribution < -0.4 is 4.90 Å². The number of rotatable bonds is 5. The fourth-order valence-electron chi connectivity index (χ4n) is 3.68. The number of Topliss-reactive ketones (excluding diaryl/α,β-unsaturated/α-hetero) is 1. The Kier molecular flexibility index (Phi) is 5.38. The smallest absolute Gasteiger partial charge is 0.167 e. The minimum atomic E-state index is 0.113. The molecular formula is C24H26N4O. The van der Waals surface area contributed by atoms with Crippen LogP contribution in [-0.4, -0.2) is 27.3 Å². The van der Waals surface area contributed by atoms with Crippen LogP contribution in [0.2, 0.25) is 0 Å². The van der Waals surface area contributed by atoms with Crippen LogP contribution in [0.25, 0.3) is 0 Å². The van der Waals surface area contributed by atoms with Gasteiger partial charge in [-0.05, 0) is 36.1 Å². The molecule has 0 atom stereocenters. The number of carbonyl (C=O) groups is 1. The summed E-state index contributed by atoms with van der Waals surface area (Å²) in [4.78, 5) is 28.4. The summed E-state index contributed by atoms with van der Waals surface area (Å²) in [5.74, 6) is 2.25. The Morgan fingerprint density at radius 3 is 2.69 bits per heavy atom. The fourth-order valence-corrected chi connectivity index (χ4v) is 3.68. The van der Waals surface area contributed by atoms with Crippen molar-refractivity contribution in [2.45, 2.75) is 46.1 Å². The van der Waals surface area contributed by atoms with Gasteiger partial charge in [0.05, 0.1) is 5.69 Å². The van der Waals surface area contributed by atoms with Crippen molar-refractivity contribution in [1.29, 1.82) is 0 Å². The SMILES string of the molecule is Cc1ncc2c(n1)CCN(c1cc(C(=O)Cc3ccc(C(C)C)cc3)ccn1)C2. The average Bonchev–Trinajstić information content (AvgIpc) is 2.74. The first-order valence-electron chi connectivity index (χ1n) is 10.1. The van der Waals surface area contributed by atoms with Gasteiger partial charge in [0, 0.05) is 49.5 Å². The van der Waals surface area contributed by atoms with Gasteiger partial charge in [-0.1, -0.05) is 38.1 Å². The molecule has 0 aliphatic carbocycles. The Bertz CT molecular complexity index is 1030. The van der Waals surface area contributed by atoms with E-state index in [1.54, 1.807) is 12.3 Å². The Labute approximate surface area is 171 Å². The van der Waals surface area contributed by atoms with Crippen LogP contribution in [0.4, 0.5) is 5.82 Å². The Hall–Kier alpha value is -3.08. The molecule has 148 valence electrons. The molecule has 0 unspecified atom stereocenters. The molecule has 0 N–H and O–H groups in total. The molecule has 0 radical (unpaired) electrons. The number of ketones is 1. The highest BCUT2D eigenvalue weighted by atomic mass is 16.1. The first kappa shape index (κ1) is 19.2. The van der Waals surface area contributed by atoms with E-state index >= 15 is 0 Å². The molecule has 0 bridgehead atoms. The van der Waals surface area contributed by atoms with Crippen molar-refractivity contribution in [3.63, 3.8) is 0 Å². The van der Waals surface area contributed by atoms with Crippen molar-refractivity contribution in [3.8, 4) is 0 Å². The molecule has 0 saturated carbocycles. The molecule has 1 aromatic carbocycles. The largest absolute Gasteiger partial charge is 0.352 e. The van der Waals surface area contributed by atoms with Gasteiger partial charge in [0.25, 0.3) is 0 Å². The van der Waals surface area contributed by atoms with Gasteiger partial charge in [-0.15, -0.1) is 0 Å². The van der Waals surface area contributed by atoms with Gasteiger partial charge in [-0.2, -0.15) is 0 Å². The van der Waals surface area contributed by atoms with Gasteiger partial charge in [-0.25, -0.2) is 15.0 Å². The summed E-state index contributed by atoms with van der Waals surface area (Å²) in [6.07, 6.45) is 4.89. The van der Waals surface area contributed by atoms with Crippen LogP contribution in [0.15, 0.2) is 48.8 Å². The average molecular weight is 386 g/mol. The summed E-state index contributed by atoms with van der Waals surface area (Å²) in [6.45, 7) is 7.82. The topological polar surface area (TPSA) is 59.0 Å². The predicted molar refractivity (Wildman–Crippen MR) is 114 cm³/mol. The summed E-state index contributed by atoms with van der Waals surface area (Å²) < 4.78 is 0. The van der Waals surface area contributed by atoms with Gasteiger partial charge < -0.3 is 4.90 Å². The van der Waals surface area contributed by atoms with Crippen LogP contribution in [-0.2, 0) is 19.4 Å². The van der Waals surface area contributed by atoms with E-state index < -0.39 is 0 Å². The molecule has 4 rings (SSSR count). The maximum absolute atomic E-state index is 12.8. The lowest BCUT2D eigenvalue weighted by Crippen LogP contribution is -2.32. The van der Waals surface area contributed by atoms with Crippen LogP contribution in [0.5, 0.6) is 0 Å². The molecule has 0 spiro atoms. The van der Waals surface area contributed by atoms with E-state index in [1.165, 1.54) is 5.56 Å². The van der Waals surface area contributed by atoms with Crippen LogP contribution in [0.1, 0.15) is 58.3 Å². The number of benzene rings is 1. The van der Waals surface area contributed by atoms with Crippen molar-refractivity contribution in [2.24, 2.45) is 0 Å². The number of anilines is 1. The van der Waals surface area contributed by atoms with Crippen molar-refractivity contribution in [1.82, 2.24) is 15.0 Å². The molecule has 0 amide bonds. The van der Waals surface area contributed by atoms with Gasteiger partial charge >= 0.3 is 0 Å². The highest BCUT2D eigenvalue weighted by Crippen LogP contribution is 2.23. The number of fused-ring (bicyclic) bond motifs is 1. The molecule has 5 heteroatoms. The third kappa shape index (κ3) is 4.34. The van der Waals surface area contributed by atoms with E-state index in [0.29, 0.717) is 17.9 Å². The summed E-state index contributed by atoms with van der Waals surface area (Å²) in [6, 6.07) is 12.0. The minimum absolute atomic E-state index is 0.113. The molecule has 0 saturated heterocycles. The Balaban J connectivity index is 1.48. The zero-order chi connectivity index (χ0) is 20.4. The number of hydrogen-bond acceptors (Lipinski definition) is 5. The highest BCUT2D eigenvalue weighted by Gasteiger charge is 2.20. The molecule has 5 nitrogen and oxygen atoms in total. The lowest BCUT2D eigenvalue weighted by atomic mass is 9.98. The molecule has 1 aliphatic rings. The third-order valence-corrected chi connectivity index (χ3v) is 5.46. The lowest BCUT2D eigenvalue weighted by molar-refractivity contribution is 0.0993. The number of aryl methyl sites for hydroxylation is 1. The maximum atomic E-state index is 12.8. The zero-order valence-electron chi connectivity index (χ0n) is 17.2. The molecule has 29 heavy (non-hydrogen) atoms. The molecule has 2 aromatic heterocycles.